The van der Waals surface area contributed by atoms with Crippen LogP contribution >= 0.6 is 0 Å². The van der Waals surface area contributed by atoms with E-state index in [9.17, 15) is 0 Å². The lowest BCUT2D eigenvalue weighted by atomic mass is 9.94. The van der Waals surface area contributed by atoms with E-state index in [1.165, 1.54) is 11.1 Å². The maximum absolute atomic E-state index is 6.29. The van der Waals surface area contributed by atoms with E-state index in [0.29, 0.717) is 18.4 Å². The Morgan fingerprint density at radius 1 is 1.00 bits per heavy atom. The number of rotatable bonds is 6. The summed E-state index contributed by atoms with van der Waals surface area (Å²) in [5, 5.41) is 0. The van der Waals surface area contributed by atoms with Crippen molar-refractivity contribution in [2.75, 3.05) is 12.3 Å². The van der Waals surface area contributed by atoms with Crippen molar-refractivity contribution in [2.24, 2.45) is 11.8 Å². The van der Waals surface area contributed by atoms with Crippen LogP contribution in [0.25, 0.3) is 0 Å². The monoisotopic (exact) mass is 249 g/mol. The highest BCUT2D eigenvalue weighted by Gasteiger charge is 2.11. The summed E-state index contributed by atoms with van der Waals surface area (Å²) in [7, 11) is 0. The molecular formula is C16H27NO. The number of hydrogen-bond acceptors (Lipinski definition) is 2. The Hall–Kier alpha value is -1.18. The predicted molar refractivity (Wildman–Crippen MR) is 79.1 cm³/mol. The maximum atomic E-state index is 6.29. The first-order chi connectivity index (χ1) is 8.43. The fourth-order valence-corrected chi connectivity index (χ4v) is 2.21. The van der Waals surface area contributed by atoms with Gasteiger partial charge < -0.3 is 10.5 Å². The molecule has 0 radical (unpaired) electrons. The van der Waals surface area contributed by atoms with Crippen LogP contribution in [0.15, 0.2) is 12.1 Å². The summed E-state index contributed by atoms with van der Waals surface area (Å²) in [5.41, 5.74) is 9.71. The van der Waals surface area contributed by atoms with Crippen molar-refractivity contribution >= 4 is 5.69 Å². The third-order valence-corrected chi connectivity index (χ3v) is 2.89. The number of nitrogens with two attached hydrogens (primary N) is 1. The average molecular weight is 249 g/mol. The second kappa shape index (κ2) is 6.67. The second-order valence-electron chi connectivity index (χ2n) is 5.78. The third-order valence-electron chi connectivity index (χ3n) is 2.89. The lowest BCUT2D eigenvalue weighted by Crippen LogP contribution is -2.07. The Bertz CT molecular complexity index is 352. The molecule has 1 aromatic carbocycles. The van der Waals surface area contributed by atoms with Gasteiger partial charge in [-0.3, -0.25) is 0 Å². The minimum Gasteiger partial charge on any atom is -0.494 e. The van der Waals surface area contributed by atoms with Gasteiger partial charge in [-0.05, 0) is 54.9 Å². The topological polar surface area (TPSA) is 35.2 Å². The van der Waals surface area contributed by atoms with Gasteiger partial charge in [0.1, 0.15) is 5.75 Å². The van der Waals surface area contributed by atoms with E-state index >= 15 is 0 Å². The van der Waals surface area contributed by atoms with Gasteiger partial charge in [-0.1, -0.05) is 27.7 Å². The normalized spacial score (nSPS) is 11.3. The standard InChI is InChI=1S/C16H27NO/c1-6-18-15-9-13(7-11(2)3)16(17)14(10-15)8-12(4)5/h9-12H,6-8,17H2,1-5H3. The molecule has 0 aliphatic heterocycles. The first kappa shape index (κ1) is 14.9. The van der Waals surface area contributed by atoms with Crippen LogP contribution in [-0.2, 0) is 12.8 Å². The molecule has 2 nitrogen and oxygen atoms in total. The molecule has 2 heteroatoms. The molecule has 0 saturated heterocycles. The Morgan fingerprint density at radius 2 is 1.44 bits per heavy atom. The third kappa shape index (κ3) is 4.25. The van der Waals surface area contributed by atoms with E-state index in [-0.39, 0.29) is 0 Å². The summed E-state index contributed by atoms with van der Waals surface area (Å²) in [6, 6.07) is 4.20. The Balaban J connectivity index is 3.10. The van der Waals surface area contributed by atoms with Gasteiger partial charge >= 0.3 is 0 Å². The number of ether oxygens (including phenoxy) is 1. The van der Waals surface area contributed by atoms with Gasteiger partial charge in [0.05, 0.1) is 6.61 Å². The molecule has 0 aliphatic rings. The molecule has 1 rings (SSSR count). The Morgan fingerprint density at radius 3 is 1.78 bits per heavy atom. The molecular weight excluding hydrogens is 222 g/mol. The first-order valence-corrected chi connectivity index (χ1v) is 6.98. The number of hydrogen-bond donors (Lipinski definition) is 1. The maximum Gasteiger partial charge on any atom is 0.119 e. The zero-order chi connectivity index (χ0) is 13.7. The van der Waals surface area contributed by atoms with Gasteiger partial charge in [0.2, 0.25) is 0 Å². The van der Waals surface area contributed by atoms with Gasteiger partial charge in [-0.2, -0.15) is 0 Å². The van der Waals surface area contributed by atoms with Crippen molar-refractivity contribution in [3.05, 3.63) is 23.3 Å². The van der Waals surface area contributed by atoms with Crippen molar-refractivity contribution in [1.82, 2.24) is 0 Å². The van der Waals surface area contributed by atoms with E-state index in [4.69, 9.17) is 10.5 Å². The lowest BCUT2D eigenvalue weighted by molar-refractivity contribution is 0.339. The molecule has 0 aliphatic carbocycles. The van der Waals surface area contributed by atoms with Crippen LogP contribution in [-0.4, -0.2) is 6.61 Å². The minimum absolute atomic E-state index is 0.607. The Kier molecular flexibility index (Phi) is 5.52. The van der Waals surface area contributed by atoms with Gasteiger partial charge in [0.15, 0.2) is 0 Å². The summed E-state index contributed by atoms with van der Waals surface area (Å²) >= 11 is 0. The Labute approximate surface area is 112 Å². The predicted octanol–water partition coefficient (Wildman–Crippen LogP) is 4.06. The van der Waals surface area contributed by atoms with Crippen LogP contribution < -0.4 is 10.5 Å². The fourth-order valence-electron chi connectivity index (χ4n) is 2.21. The van der Waals surface area contributed by atoms with Crippen LogP contribution in [0, 0.1) is 11.8 Å². The molecule has 0 bridgehead atoms. The van der Waals surface area contributed by atoms with Gasteiger partial charge in [-0.15, -0.1) is 0 Å². The van der Waals surface area contributed by atoms with Crippen LogP contribution in [0.3, 0.4) is 0 Å². The zero-order valence-corrected chi connectivity index (χ0v) is 12.4. The average Bonchev–Trinajstić information content (AvgIpc) is 2.23. The van der Waals surface area contributed by atoms with Crippen molar-refractivity contribution in [2.45, 2.75) is 47.5 Å². The lowest BCUT2D eigenvalue weighted by Gasteiger charge is -2.17. The smallest absolute Gasteiger partial charge is 0.119 e. The summed E-state index contributed by atoms with van der Waals surface area (Å²) in [6.45, 7) is 11.6. The molecule has 0 fully saturated rings. The first-order valence-electron chi connectivity index (χ1n) is 6.98. The van der Waals surface area contributed by atoms with Gasteiger partial charge in [0.25, 0.3) is 0 Å². The molecule has 0 amide bonds. The summed E-state index contributed by atoms with van der Waals surface area (Å²) in [6.07, 6.45) is 2.02. The molecule has 0 saturated carbocycles. The molecule has 0 unspecified atom stereocenters. The largest absolute Gasteiger partial charge is 0.494 e. The molecule has 0 aromatic heterocycles. The van der Waals surface area contributed by atoms with Gasteiger partial charge in [-0.25, -0.2) is 0 Å². The quantitative estimate of drug-likeness (QED) is 0.771. The van der Waals surface area contributed by atoms with Crippen molar-refractivity contribution < 1.29 is 4.74 Å². The summed E-state index contributed by atoms with van der Waals surface area (Å²) in [4.78, 5) is 0. The van der Waals surface area contributed by atoms with Crippen LogP contribution in [0.2, 0.25) is 0 Å². The highest BCUT2D eigenvalue weighted by atomic mass is 16.5. The van der Waals surface area contributed by atoms with Gasteiger partial charge in [0, 0.05) is 5.69 Å². The van der Waals surface area contributed by atoms with E-state index in [1.807, 2.05) is 6.92 Å². The molecule has 0 atom stereocenters. The number of nitrogen functional groups attached to an aromatic ring is 1. The molecule has 102 valence electrons. The second-order valence-corrected chi connectivity index (χ2v) is 5.78. The van der Waals surface area contributed by atoms with E-state index in [2.05, 4.69) is 39.8 Å². The molecule has 0 heterocycles. The highest BCUT2D eigenvalue weighted by Crippen LogP contribution is 2.28. The molecule has 2 N–H and O–H groups in total. The molecule has 1 aromatic rings. The summed E-state index contributed by atoms with van der Waals surface area (Å²) in [5.74, 6) is 2.17. The zero-order valence-electron chi connectivity index (χ0n) is 12.4. The van der Waals surface area contributed by atoms with Crippen molar-refractivity contribution in [3.63, 3.8) is 0 Å². The fraction of sp³-hybridized carbons (Fsp3) is 0.625. The van der Waals surface area contributed by atoms with Crippen LogP contribution in [0.4, 0.5) is 5.69 Å². The molecule has 0 spiro atoms. The number of anilines is 1. The SMILES string of the molecule is CCOc1cc(CC(C)C)c(N)c(CC(C)C)c1. The van der Waals surface area contributed by atoms with E-state index in [0.717, 1.165) is 24.3 Å². The summed E-state index contributed by atoms with van der Waals surface area (Å²) < 4.78 is 5.65. The highest BCUT2D eigenvalue weighted by molar-refractivity contribution is 5.57. The van der Waals surface area contributed by atoms with Crippen molar-refractivity contribution in [1.29, 1.82) is 0 Å². The van der Waals surface area contributed by atoms with E-state index in [1.54, 1.807) is 0 Å². The number of benzene rings is 1. The van der Waals surface area contributed by atoms with Crippen LogP contribution in [0.5, 0.6) is 5.75 Å². The van der Waals surface area contributed by atoms with Crippen molar-refractivity contribution in [3.8, 4) is 5.75 Å². The minimum atomic E-state index is 0.607. The molecule has 18 heavy (non-hydrogen) atoms. The van der Waals surface area contributed by atoms with Crippen LogP contribution in [0.1, 0.15) is 45.7 Å². The van der Waals surface area contributed by atoms with E-state index < -0.39 is 0 Å².